The van der Waals surface area contributed by atoms with Crippen LogP contribution in [0.3, 0.4) is 0 Å². The molecule has 1 aliphatic heterocycles. The van der Waals surface area contributed by atoms with Gasteiger partial charge in [-0.3, -0.25) is 4.79 Å². The number of carbonyl (C=O) groups is 1. The van der Waals surface area contributed by atoms with E-state index in [1.165, 1.54) is 10.4 Å². The fraction of sp³-hybridized carbons (Fsp3) is 0.316. The minimum Gasteiger partial charge on any atom is -0.508 e. The van der Waals surface area contributed by atoms with Crippen LogP contribution in [0.25, 0.3) is 0 Å². The van der Waals surface area contributed by atoms with E-state index in [-0.39, 0.29) is 54.2 Å². The number of halogens is 2. The number of piperazine rings is 1. The average molecular weight is 427 g/mol. The molecule has 1 fully saturated rings. The van der Waals surface area contributed by atoms with E-state index < -0.39 is 15.8 Å². The summed E-state index contributed by atoms with van der Waals surface area (Å²) in [6, 6.07) is 10.1. The van der Waals surface area contributed by atoms with Crippen molar-refractivity contribution in [3.05, 3.63) is 58.9 Å². The highest BCUT2D eigenvalue weighted by Gasteiger charge is 2.30. The third-order valence-electron chi connectivity index (χ3n) is 4.72. The van der Waals surface area contributed by atoms with Crippen LogP contribution in [-0.2, 0) is 21.2 Å². The summed E-state index contributed by atoms with van der Waals surface area (Å²) in [6.07, 6.45) is 0.649. The molecular weight excluding hydrogens is 407 g/mol. The maximum absolute atomic E-state index is 13.3. The molecule has 3 rings (SSSR count). The number of para-hydroxylation sites is 1. The monoisotopic (exact) mass is 426 g/mol. The number of phenolic OH excluding ortho intramolecular Hbond substituents is 1. The summed E-state index contributed by atoms with van der Waals surface area (Å²) < 4.78 is 39.9. The standard InChI is InChI=1S/C19H20ClFN2O4S/c20-16-13-15(6-7-17(16)21)28(26,27)23-11-9-22(10-12-23)19(25)8-5-14-3-1-2-4-18(14)24/h1-4,6-7,13,24H,5,8-12H2. The van der Waals surface area contributed by atoms with E-state index in [2.05, 4.69) is 0 Å². The average Bonchev–Trinajstić information content (AvgIpc) is 2.69. The lowest BCUT2D eigenvalue weighted by Crippen LogP contribution is -2.50. The SMILES string of the molecule is O=C(CCc1ccccc1O)N1CCN(S(=O)(=O)c2ccc(F)c(Cl)c2)CC1. The number of sulfonamides is 1. The number of aryl methyl sites for hydroxylation is 1. The zero-order valence-electron chi connectivity index (χ0n) is 15.0. The summed E-state index contributed by atoms with van der Waals surface area (Å²) in [5.41, 5.74) is 0.699. The van der Waals surface area contributed by atoms with Crippen molar-refractivity contribution in [1.82, 2.24) is 9.21 Å². The quantitative estimate of drug-likeness (QED) is 0.797. The summed E-state index contributed by atoms with van der Waals surface area (Å²) in [5, 5.41) is 9.52. The molecule has 0 aliphatic carbocycles. The van der Waals surface area contributed by atoms with Crippen LogP contribution >= 0.6 is 11.6 Å². The van der Waals surface area contributed by atoms with Gasteiger partial charge in [0.25, 0.3) is 0 Å². The number of hydrogen-bond acceptors (Lipinski definition) is 4. The molecular formula is C19H20ClFN2O4S. The van der Waals surface area contributed by atoms with Crippen molar-refractivity contribution in [3.8, 4) is 5.75 Å². The first kappa shape index (κ1) is 20.6. The van der Waals surface area contributed by atoms with E-state index in [1.807, 2.05) is 0 Å². The molecule has 0 spiro atoms. The van der Waals surface area contributed by atoms with Gasteiger partial charge in [-0.15, -0.1) is 0 Å². The van der Waals surface area contributed by atoms with Gasteiger partial charge in [-0.1, -0.05) is 29.8 Å². The minimum atomic E-state index is -3.80. The van der Waals surface area contributed by atoms with Crippen molar-refractivity contribution < 1.29 is 22.7 Å². The lowest BCUT2D eigenvalue weighted by atomic mass is 10.1. The fourth-order valence-corrected chi connectivity index (χ4v) is 4.78. The summed E-state index contributed by atoms with van der Waals surface area (Å²) in [7, 11) is -3.80. The zero-order valence-corrected chi connectivity index (χ0v) is 16.6. The predicted octanol–water partition coefficient (Wildman–Crippen LogP) is 2.65. The topological polar surface area (TPSA) is 77.9 Å². The summed E-state index contributed by atoms with van der Waals surface area (Å²) >= 11 is 5.69. The molecule has 6 nitrogen and oxygen atoms in total. The molecule has 0 saturated carbocycles. The first-order valence-electron chi connectivity index (χ1n) is 8.79. The molecule has 0 radical (unpaired) electrons. The van der Waals surface area contributed by atoms with Gasteiger partial charge in [-0.25, -0.2) is 12.8 Å². The highest BCUT2D eigenvalue weighted by atomic mass is 35.5. The van der Waals surface area contributed by atoms with E-state index in [0.717, 1.165) is 12.1 Å². The van der Waals surface area contributed by atoms with Crippen LogP contribution < -0.4 is 0 Å². The van der Waals surface area contributed by atoms with Gasteiger partial charge in [0.1, 0.15) is 11.6 Å². The number of carbonyl (C=O) groups excluding carboxylic acids is 1. The highest BCUT2D eigenvalue weighted by Crippen LogP contribution is 2.23. The zero-order chi connectivity index (χ0) is 20.3. The smallest absolute Gasteiger partial charge is 0.243 e. The Hall–Kier alpha value is -2.16. The first-order valence-corrected chi connectivity index (χ1v) is 10.6. The Morgan fingerprint density at radius 3 is 2.43 bits per heavy atom. The third-order valence-corrected chi connectivity index (χ3v) is 6.90. The van der Waals surface area contributed by atoms with Crippen molar-refractivity contribution in [2.75, 3.05) is 26.2 Å². The number of nitrogens with zero attached hydrogens (tertiary/aromatic N) is 2. The van der Waals surface area contributed by atoms with Gasteiger partial charge in [0.15, 0.2) is 0 Å². The largest absolute Gasteiger partial charge is 0.508 e. The van der Waals surface area contributed by atoms with Crippen molar-refractivity contribution in [3.63, 3.8) is 0 Å². The molecule has 0 atom stereocenters. The Bertz CT molecular complexity index is 976. The molecule has 1 saturated heterocycles. The van der Waals surface area contributed by atoms with Crippen LogP contribution in [0.2, 0.25) is 5.02 Å². The lowest BCUT2D eigenvalue weighted by molar-refractivity contribution is -0.132. The van der Waals surface area contributed by atoms with Gasteiger partial charge in [0.05, 0.1) is 9.92 Å². The van der Waals surface area contributed by atoms with Crippen molar-refractivity contribution in [1.29, 1.82) is 0 Å². The number of aromatic hydroxyl groups is 1. The Balaban J connectivity index is 1.58. The molecule has 0 bridgehead atoms. The third kappa shape index (κ3) is 4.45. The van der Waals surface area contributed by atoms with Gasteiger partial charge in [-0.05, 0) is 36.2 Å². The maximum Gasteiger partial charge on any atom is 0.243 e. The lowest BCUT2D eigenvalue weighted by Gasteiger charge is -2.34. The number of amides is 1. The molecule has 28 heavy (non-hydrogen) atoms. The van der Waals surface area contributed by atoms with E-state index in [9.17, 15) is 22.7 Å². The molecule has 2 aromatic rings. The number of phenols is 1. The number of hydrogen-bond donors (Lipinski definition) is 1. The van der Waals surface area contributed by atoms with Crippen LogP contribution in [0.15, 0.2) is 47.4 Å². The van der Waals surface area contributed by atoms with Gasteiger partial charge in [-0.2, -0.15) is 4.31 Å². The van der Waals surface area contributed by atoms with E-state index >= 15 is 0 Å². The summed E-state index contributed by atoms with van der Waals surface area (Å²) in [6.45, 7) is 0.848. The van der Waals surface area contributed by atoms with Crippen molar-refractivity contribution in [2.24, 2.45) is 0 Å². The van der Waals surface area contributed by atoms with Crippen molar-refractivity contribution in [2.45, 2.75) is 17.7 Å². The van der Waals surface area contributed by atoms with Crippen LogP contribution in [-0.4, -0.2) is 54.8 Å². The molecule has 1 aliphatic rings. The second-order valence-electron chi connectivity index (χ2n) is 6.49. The van der Waals surface area contributed by atoms with Crippen molar-refractivity contribution >= 4 is 27.5 Å². The van der Waals surface area contributed by atoms with E-state index in [1.54, 1.807) is 29.2 Å². The predicted molar refractivity (Wildman–Crippen MR) is 103 cm³/mol. The molecule has 1 amide bonds. The molecule has 1 N–H and O–H groups in total. The molecule has 0 aromatic heterocycles. The van der Waals surface area contributed by atoms with Gasteiger partial charge >= 0.3 is 0 Å². The molecule has 9 heteroatoms. The molecule has 1 heterocycles. The molecule has 0 unspecified atom stereocenters. The molecule has 150 valence electrons. The Labute approximate surface area is 168 Å². The Morgan fingerprint density at radius 1 is 1.11 bits per heavy atom. The Kier molecular flexibility index (Phi) is 6.22. The maximum atomic E-state index is 13.3. The number of rotatable bonds is 5. The van der Waals surface area contributed by atoms with Gasteiger partial charge < -0.3 is 10.0 Å². The van der Waals surface area contributed by atoms with Crippen LogP contribution in [0, 0.1) is 5.82 Å². The van der Waals surface area contributed by atoms with Crippen LogP contribution in [0.4, 0.5) is 4.39 Å². The van der Waals surface area contributed by atoms with Gasteiger partial charge in [0.2, 0.25) is 15.9 Å². The normalized spacial score (nSPS) is 15.6. The van der Waals surface area contributed by atoms with Crippen LogP contribution in [0.1, 0.15) is 12.0 Å². The second-order valence-corrected chi connectivity index (χ2v) is 8.83. The highest BCUT2D eigenvalue weighted by molar-refractivity contribution is 7.89. The van der Waals surface area contributed by atoms with E-state index in [4.69, 9.17) is 11.6 Å². The fourth-order valence-electron chi connectivity index (χ4n) is 3.09. The van der Waals surface area contributed by atoms with E-state index in [0.29, 0.717) is 12.0 Å². The Morgan fingerprint density at radius 2 is 1.79 bits per heavy atom. The second kappa shape index (κ2) is 8.46. The molecule has 2 aromatic carbocycles. The minimum absolute atomic E-state index is 0.0711. The van der Waals surface area contributed by atoms with Gasteiger partial charge in [0, 0.05) is 32.6 Å². The summed E-state index contributed by atoms with van der Waals surface area (Å²) in [4.78, 5) is 14.0. The summed E-state index contributed by atoms with van der Waals surface area (Å²) in [5.74, 6) is -0.616. The first-order chi connectivity index (χ1) is 13.3. The number of benzene rings is 2. The van der Waals surface area contributed by atoms with Crippen LogP contribution in [0.5, 0.6) is 5.75 Å².